The van der Waals surface area contributed by atoms with Gasteiger partial charge < -0.3 is 10.5 Å². The number of primary amides is 1. The molecule has 2 N–H and O–H groups in total. The Bertz CT molecular complexity index is 998. The Hall–Kier alpha value is -2.87. The molecule has 3 aromatic rings. The van der Waals surface area contributed by atoms with E-state index in [2.05, 4.69) is 15.9 Å². The summed E-state index contributed by atoms with van der Waals surface area (Å²) in [7, 11) is 0. The van der Waals surface area contributed by atoms with E-state index in [9.17, 15) is 22.4 Å². The summed E-state index contributed by atoms with van der Waals surface area (Å²) in [5.74, 6) is -4.42. The van der Waals surface area contributed by atoms with Gasteiger partial charge in [0.15, 0.2) is 11.6 Å². The van der Waals surface area contributed by atoms with Crippen molar-refractivity contribution in [3.8, 4) is 5.75 Å². The van der Waals surface area contributed by atoms with Gasteiger partial charge in [-0.1, -0.05) is 40.2 Å². The van der Waals surface area contributed by atoms with Gasteiger partial charge in [0, 0.05) is 5.33 Å². The first-order valence-corrected chi connectivity index (χ1v) is 9.39. The molecule has 0 spiro atoms. The number of ether oxygens (including phenoxy) is 1. The molecule has 0 unspecified atom stereocenters. The van der Waals surface area contributed by atoms with Gasteiger partial charge in [-0.25, -0.2) is 17.6 Å². The van der Waals surface area contributed by atoms with E-state index in [-0.39, 0.29) is 18.2 Å². The van der Waals surface area contributed by atoms with Crippen LogP contribution in [-0.4, -0.2) is 5.91 Å². The molecule has 0 fully saturated rings. The minimum atomic E-state index is -1.23. The molecule has 0 aliphatic carbocycles. The largest absolute Gasteiger partial charge is 0.486 e. The van der Waals surface area contributed by atoms with E-state index in [0.717, 1.165) is 17.7 Å². The first-order chi connectivity index (χ1) is 13.8. The van der Waals surface area contributed by atoms with Gasteiger partial charge in [0.25, 0.3) is 5.91 Å². The Morgan fingerprint density at radius 1 is 0.897 bits per heavy atom. The zero-order chi connectivity index (χ0) is 21.4. The number of benzene rings is 3. The van der Waals surface area contributed by atoms with Crippen LogP contribution in [0.4, 0.5) is 17.6 Å². The van der Waals surface area contributed by atoms with E-state index in [0.29, 0.717) is 10.9 Å². The normalized spacial score (nSPS) is 10.1. The van der Waals surface area contributed by atoms with Gasteiger partial charge in [0.1, 0.15) is 29.6 Å². The van der Waals surface area contributed by atoms with Crippen LogP contribution < -0.4 is 10.5 Å². The van der Waals surface area contributed by atoms with Crippen LogP contribution in [0.2, 0.25) is 0 Å². The number of rotatable bonds is 5. The first-order valence-electron chi connectivity index (χ1n) is 8.27. The lowest BCUT2D eigenvalue weighted by Gasteiger charge is -2.09. The molecule has 1 amide bonds. The zero-order valence-electron chi connectivity index (χ0n) is 15.0. The van der Waals surface area contributed by atoms with Crippen molar-refractivity contribution >= 4 is 21.8 Å². The number of amides is 1. The summed E-state index contributed by atoms with van der Waals surface area (Å²) in [6.45, 7) is -0.126. The Kier molecular flexibility index (Phi) is 8.21. The zero-order valence-corrected chi connectivity index (χ0v) is 16.6. The maximum Gasteiger partial charge on any atom is 0.254 e. The molecule has 0 radical (unpaired) electrons. The van der Waals surface area contributed by atoms with Gasteiger partial charge in [0.05, 0.1) is 0 Å². The van der Waals surface area contributed by atoms with Gasteiger partial charge in [-0.05, 0) is 47.5 Å². The molecule has 0 aliphatic heterocycles. The van der Waals surface area contributed by atoms with E-state index in [1.165, 1.54) is 30.3 Å². The van der Waals surface area contributed by atoms with Crippen molar-refractivity contribution in [3.63, 3.8) is 0 Å². The highest BCUT2D eigenvalue weighted by Crippen LogP contribution is 2.24. The number of carbonyl (C=O) groups excluding carboxylic acids is 1. The maximum atomic E-state index is 13.8. The van der Waals surface area contributed by atoms with Crippen molar-refractivity contribution in [1.29, 1.82) is 0 Å². The molecule has 29 heavy (non-hydrogen) atoms. The molecule has 0 aromatic heterocycles. The average molecular weight is 470 g/mol. The summed E-state index contributed by atoms with van der Waals surface area (Å²) < 4.78 is 57.5. The molecule has 0 saturated heterocycles. The van der Waals surface area contributed by atoms with Crippen LogP contribution >= 0.6 is 15.9 Å². The Morgan fingerprint density at radius 2 is 1.48 bits per heavy atom. The van der Waals surface area contributed by atoms with Crippen molar-refractivity contribution in [2.75, 3.05) is 0 Å². The number of halogens is 5. The Morgan fingerprint density at radius 3 is 2.00 bits per heavy atom. The number of hydrogen-bond donors (Lipinski definition) is 1. The predicted octanol–water partition coefficient (Wildman–Crippen LogP) is 5.50. The molecule has 3 rings (SSSR count). The highest BCUT2D eigenvalue weighted by Gasteiger charge is 2.19. The standard InChI is InChI=1S/C14H10F3NO2.C7H6BrF/c15-9-3-1-2-8(6-9)7-20-11-5-4-10(16)12(13(11)17)14(18)19;8-5-6-2-1-3-7(9)4-6/h1-6H,7H2,(H2,18,19);1-4H,5H2. The second-order valence-corrected chi connectivity index (χ2v) is 6.34. The summed E-state index contributed by atoms with van der Waals surface area (Å²) >= 11 is 3.22. The van der Waals surface area contributed by atoms with E-state index < -0.39 is 28.9 Å². The number of nitrogens with two attached hydrogens (primary N) is 1. The molecular weight excluding hydrogens is 454 g/mol. The molecule has 0 saturated carbocycles. The fourth-order valence-electron chi connectivity index (χ4n) is 2.28. The third-order valence-corrected chi connectivity index (χ3v) is 4.28. The van der Waals surface area contributed by atoms with Crippen LogP contribution in [-0.2, 0) is 11.9 Å². The molecule has 0 heterocycles. The number of carbonyl (C=O) groups is 1. The van der Waals surface area contributed by atoms with Gasteiger partial charge in [-0.2, -0.15) is 0 Å². The van der Waals surface area contributed by atoms with Crippen LogP contribution in [0.15, 0.2) is 60.7 Å². The van der Waals surface area contributed by atoms with Gasteiger partial charge in [0.2, 0.25) is 0 Å². The average Bonchev–Trinajstić information content (AvgIpc) is 2.68. The van der Waals surface area contributed by atoms with E-state index in [1.54, 1.807) is 12.1 Å². The van der Waals surface area contributed by atoms with Crippen LogP contribution in [0.3, 0.4) is 0 Å². The quantitative estimate of drug-likeness (QED) is 0.396. The van der Waals surface area contributed by atoms with Crippen LogP contribution in [0.5, 0.6) is 5.75 Å². The topological polar surface area (TPSA) is 52.3 Å². The summed E-state index contributed by atoms with van der Waals surface area (Å²) in [6.07, 6.45) is 0. The molecule has 3 aromatic carbocycles. The Labute approximate surface area is 173 Å². The van der Waals surface area contributed by atoms with Crippen molar-refractivity contribution in [2.24, 2.45) is 5.73 Å². The van der Waals surface area contributed by atoms with E-state index in [1.807, 2.05) is 6.07 Å². The molecule has 152 valence electrons. The predicted molar refractivity (Wildman–Crippen MR) is 105 cm³/mol. The minimum Gasteiger partial charge on any atom is -0.486 e. The second-order valence-electron chi connectivity index (χ2n) is 5.78. The third kappa shape index (κ3) is 6.60. The lowest BCUT2D eigenvalue weighted by molar-refractivity contribution is 0.0991. The van der Waals surface area contributed by atoms with E-state index >= 15 is 0 Å². The lowest BCUT2D eigenvalue weighted by atomic mass is 10.1. The third-order valence-electron chi connectivity index (χ3n) is 3.63. The number of alkyl halides is 1. The minimum absolute atomic E-state index is 0.126. The summed E-state index contributed by atoms with van der Waals surface area (Å²) in [5.41, 5.74) is 5.46. The van der Waals surface area contributed by atoms with Crippen LogP contribution in [0.1, 0.15) is 21.5 Å². The SMILES string of the molecule is Fc1cccc(CBr)c1.NC(=O)c1c(F)ccc(OCc2cccc(F)c2)c1F. The van der Waals surface area contributed by atoms with Gasteiger partial charge in [-0.3, -0.25) is 4.79 Å². The molecule has 0 bridgehead atoms. The van der Waals surface area contributed by atoms with Crippen LogP contribution in [0, 0.1) is 23.3 Å². The first kappa shape index (κ1) is 22.4. The summed E-state index contributed by atoms with van der Waals surface area (Å²) in [6, 6.07) is 14.0. The van der Waals surface area contributed by atoms with Gasteiger partial charge >= 0.3 is 0 Å². The maximum absolute atomic E-state index is 13.8. The fourth-order valence-corrected chi connectivity index (χ4v) is 2.63. The molecule has 0 atom stereocenters. The van der Waals surface area contributed by atoms with E-state index in [4.69, 9.17) is 10.5 Å². The summed E-state index contributed by atoms with van der Waals surface area (Å²) in [5, 5.41) is 0.713. The monoisotopic (exact) mass is 469 g/mol. The molecular formula is C21H16BrF4NO2. The van der Waals surface area contributed by atoms with Crippen molar-refractivity contribution in [1.82, 2.24) is 0 Å². The Balaban J connectivity index is 0.000000278. The van der Waals surface area contributed by atoms with Crippen molar-refractivity contribution in [2.45, 2.75) is 11.9 Å². The molecule has 8 heteroatoms. The highest BCUT2D eigenvalue weighted by molar-refractivity contribution is 9.08. The lowest BCUT2D eigenvalue weighted by Crippen LogP contribution is -2.16. The fraction of sp³-hybridized carbons (Fsp3) is 0.0952. The van der Waals surface area contributed by atoms with Gasteiger partial charge in [-0.15, -0.1) is 0 Å². The summed E-state index contributed by atoms with van der Waals surface area (Å²) in [4.78, 5) is 11.0. The highest BCUT2D eigenvalue weighted by atomic mass is 79.9. The van der Waals surface area contributed by atoms with Crippen molar-refractivity contribution < 1.29 is 27.1 Å². The second kappa shape index (κ2) is 10.6. The van der Waals surface area contributed by atoms with Crippen LogP contribution in [0.25, 0.3) is 0 Å². The van der Waals surface area contributed by atoms with Crippen molar-refractivity contribution in [3.05, 3.63) is 101 Å². The molecule has 0 aliphatic rings. The number of hydrogen-bond acceptors (Lipinski definition) is 2. The smallest absolute Gasteiger partial charge is 0.254 e. The molecule has 3 nitrogen and oxygen atoms in total.